The first kappa shape index (κ1) is 16.0. The highest BCUT2D eigenvalue weighted by molar-refractivity contribution is 7.92. The molecular weight excluding hydrogens is 323 g/mol. The van der Waals surface area contributed by atoms with E-state index in [1.165, 1.54) is 0 Å². The van der Waals surface area contributed by atoms with Crippen molar-refractivity contribution < 1.29 is 26.4 Å². The Labute approximate surface area is 123 Å². The number of benzene rings is 1. The van der Waals surface area contributed by atoms with Gasteiger partial charge in [-0.25, -0.2) is 8.42 Å². The van der Waals surface area contributed by atoms with Crippen molar-refractivity contribution in [1.82, 2.24) is 0 Å². The van der Waals surface area contributed by atoms with Gasteiger partial charge in [0.2, 0.25) is 0 Å². The summed E-state index contributed by atoms with van der Waals surface area (Å²) >= 11 is 0. The van der Waals surface area contributed by atoms with Crippen molar-refractivity contribution in [3.63, 3.8) is 0 Å². The number of aliphatic imine (C=N–C) groups is 1. The molecule has 22 heavy (non-hydrogen) atoms. The number of nitrogens with zero attached hydrogens (tertiary/aromatic N) is 1. The first-order chi connectivity index (χ1) is 9.93. The molecule has 1 amide bonds. The standard InChI is InChI=1S/C12H10F3N3O3S/c1-5-4-22(20,21)9-3-7(10(19)18-11(16)17)8(2-6(5)9)12(13,14)15/h2-3H,1,4H2,(H4,16,17,18,19). The van der Waals surface area contributed by atoms with E-state index in [0.29, 0.717) is 12.1 Å². The summed E-state index contributed by atoms with van der Waals surface area (Å²) in [6.45, 7) is 3.44. The predicted molar refractivity (Wildman–Crippen MR) is 72.7 cm³/mol. The molecule has 1 aliphatic heterocycles. The Morgan fingerprint density at radius 2 is 1.86 bits per heavy atom. The molecule has 0 radical (unpaired) electrons. The molecular formula is C12H10F3N3O3S. The second kappa shape index (κ2) is 4.83. The fraction of sp³-hybridized carbons (Fsp3) is 0.167. The summed E-state index contributed by atoms with van der Waals surface area (Å²) in [7, 11) is -3.83. The molecule has 0 unspecified atom stereocenters. The maximum absolute atomic E-state index is 13.1. The molecule has 0 bridgehead atoms. The fourth-order valence-electron chi connectivity index (χ4n) is 2.09. The van der Waals surface area contributed by atoms with Crippen LogP contribution < -0.4 is 11.5 Å². The van der Waals surface area contributed by atoms with Gasteiger partial charge in [0, 0.05) is 0 Å². The summed E-state index contributed by atoms with van der Waals surface area (Å²) in [5.74, 6) is -2.60. The zero-order valence-corrected chi connectivity index (χ0v) is 11.8. The van der Waals surface area contributed by atoms with Crippen LogP contribution >= 0.6 is 0 Å². The summed E-state index contributed by atoms with van der Waals surface area (Å²) < 4.78 is 63.0. The third-order valence-electron chi connectivity index (χ3n) is 2.97. The van der Waals surface area contributed by atoms with E-state index < -0.39 is 44.8 Å². The van der Waals surface area contributed by atoms with Crippen molar-refractivity contribution in [2.24, 2.45) is 16.5 Å². The van der Waals surface area contributed by atoms with Crippen LogP contribution in [0.15, 0.2) is 28.6 Å². The number of guanidine groups is 1. The van der Waals surface area contributed by atoms with Crippen LogP contribution in [0, 0.1) is 0 Å². The molecule has 0 aromatic heterocycles. The topological polar surface area (TPSA) is 116 Å². The molecule has 0 spiro atoms. The highest BCUT2D eigenvalue weighted by Gasteiger charge is 2.40. The van der Waals surface area contributed by atoms with Gasteiger partial charge in [-0.2, -0.15) is 18.2 Å². The van der Waals surface area contributed by atoms with Gasteiger partial charge in [0.15, 0.2) is 15.8 Å². The molecule has 2 rings (SSSR count). The molecule has 10 heteroatoms. The summed E-state index contributed by atoms with van der Waals surface area (Å²) in [4.78, 5) is 14.4. The molecule has 1 aliphatic rings. The monoisotopic (exact) mass is 333 g/mol. The van der Waals surface area contributed by atoms with Crippen LogP contribution in [-0.2, 0) is 16.0 Å². The third kappa shape index (κ3) is 2.69. The number of fused-ring (bicyclic) bond motifs is 1. The minimum absolute atomic E-state index is 0.0290. The summed E-state index contributed by atoms with van der Waals surface area (Å²) in [5, 5.41) is 0. The number of sulfone groups is 1. The van der Waals surface area contributed by atoms with Gasteiger partial charge >= 0.3 is 6.18 Å². The average Bonchev–Trinajstić information content (AvgIpc) is 2.56. The van der Waals surface area contributed by atoms with Gasteiger partial charge in [-0.05, 0) is 23.3 Å². The highest BCUT2D eigenvalue weighted by atomic mass is 32.2. The normalized spacial score (nSPS) is 16.2. The lowest BCUT2D eigenvalue weighted by molar-refractivity contribution is -0.138. The number of hydrogen-bond donors (Lipinski definition) is 2. The first-order valence-electron chi connectivity index (χ1n) is 5.73. The molecule has 1 aromatic carbocycles. The second-order valence-corrected chi connectivity index (χ2v) is 6.55. The van der Waals surface area contributed by atoms with Crippen molar-refractivity contribution in [3.8, 4) is 0 Å². The second-order valence-electron chi connectivity index (χ2n) is 4.60. The summed E-state index contributed by atoms with van der Waals surface area (Å²) in [6, 6.07) is 1.22. The quantitative estimate of drug-likeness (QED) is 0.586. The third-order valence-corrected chi connectivity index (χ3v) is 4.70. The van der Waals surface area contributed by atoms with Crippen LogP contribution in [-0.4, -0.2) is 26.0 Å². The number of hydrogen-bond acceptors (Lipinski definition) is 3. The Kier molecular flexibility index (Phi) is 3.52. The Balaban J connectivity index is 2.81. The minimum atomic E-state index is -4.88. The molecule has 0 aliphatic carbocycles. The molecule has 118 valence electrons. The van der Waals surface area contributed by atoms with Gasteiger partial charge in [0.25, 0.3) is 5.91 Å². The van der Waals surface area contributed by atoms with E-state index in [1.807, 2.05) is 0 Å². The van der Waals surface area contributed by atoms with Crippen molar-refractivity contribution in [2.75, 3.05) is 5.75 Å². The molecule has 6 nitrogen and oxygen atoms in total. The Morgan fingerprint density at radius 3 is 2.36 bits per heavy atom. The van der Waals surface area contributed by atoms with Crippen LogP contribution in [0.25, 0.3) is 5.57 Å². The molecule has 0 atom stereocenters. The zero-order valence-electron chi connectivity index (χ0n) is 10.9. The first-order valence-corrected chi connectivity index (χ1v) is 7.39. The van der Waals surface area contributed by atoms with Crippen LogP contribution in [0.2, 0.25) is 0 Å². The van der Waals surface area contributed by atoms with Crippen LogP contribution in [0.1, 0.15) is 21.5 Å². The van der Waals surface area contributed by atoms with Gasteiger partial charge in [0.1, 0.15) is 0 Å². The van der Waals surface area contributed by atoms with E-state index >= 15 is 0 Å². The number of amides is 1. The van der Waals surface area contributed by atoms with E-state index in [4.69, 9.17) is 11.5 Å². The van der Waals surface area contributed by atoms with Gasteiger partial charge < -0.3 is 11.5 Å². The molecule has 1 heterocycles. The van der Waals surface area contributed by atoms with Crippen molar-refractivity contribution >= 4 is 27.3 Å². The predicted octanol–water partition coefficient (Wildman–Crippen LogP) is 0.920. The van der Waals surface area contributed by atoms with E-state index in [9.17, 15) is 26.4 Å². The van der Waals surface area contributed by atoms with Crippen LogP contribution in [0.4, 0.5) is 13.2 Å². The lowest BCUT2D eigenvalue weighted by atomic mass is 9.99. The van der Waals surface area contributed by atoms with E-state index in [2.05, 4.69) is 11.6 Å². The van der Waals surface area contributed by atoms with Gasteiger partial charge in [-0.1, -0.05) is 6.58 Å². The smallest absolute Gasteiger partial charge is 0.370 e. The number of rotatable bonds is 1. The minimum Gasteiger partial charge on any atom is -0.370 e. The molecule has 0 saturated heterocycles. The maximum atomic E-state index is 13.1. The van der Waals surface area contributed by atoms with Gasteiger partial charge in [-0.3, -0.25) is 4.79 Å². The van der Waals surface area contributed by atoms with E-state index in [1.54, 1.807) is 0 Å². The molecule has 0 fully saturated rings. The number of halogens is 3. The Morgan fingerprint density at radius 1 is 1.27 bits per heavy atom. The Bertz CT molecular complexity index is 822. The number of nitrogens with two attached hydrogens (primary N) is 2. The SMILES string of the molecule is C=C1CS(=O)(=O)c2cc(C(=O)N=C(N)N)c(C(F)(F)F)cc21. The summed E-state index contributed by atoms with van der Waals surface area (Å²) in [6.07, 6.45) is -4.88. The lowest BCUT2D eigenvalue weighted by Crippen LogP contribution is -2.25. The number of carbonyl (C=O) groups is 1. The molecule has 0 saturated carbocycles. The van der Waals surface area contributed by atoms with Gasteiger partial charge in [-0.15, -0.1) is 0 Å². The molecule has 4 N–H and O–H groups in total. The Hall–Kier alpha value is -2.36. The van der Waals surface area contributed by atoms with Crippen molar-refractivity contribution in [2.45, 2.75) is 11.1 Å². The van der Waals surface area contributed by atoms with Crippen LogP contribution in [0.3, 0.4) is 0 Å². The van der Waals surface area contributed by atoms with Crippen molar-refractivity contribution in [3.05, 3.63) is 35.4 Å². The lowest BCUT2D eigenvalue weighted by Gasteiger charge is -2.13. The van der Waals surface area contributed by atoms with Crippen molar-refractivity contribution in [1.29, 1.82) is 0 Å². The zero-order chi connectivity index (χ0) is 16.9. The highest BCUT2D eigenvalue weighted by Crippen LogP contribution is 2.40. The maximum Gasteiger partial charge on any atom is 0.417 e. The summed E-state index contributed by atoms with van der Waals surface area (Å²) in [5.41, 5.74) is 7.56. The van der Waals surface area contributed by atoms with E-state index in [-0.39, 0.29) is 16.0 Å². The van der Waals surface area contributed by atoms with E-state index in [0.717, 1.165) is 0 Å². The largest absolute Gasteiger partial charge is 0.417 e. The van der Waals surface area contributed by atoms with Gasteiger partial charge in [0.05, 0.1) is 21.8 Å². The molecule has 1 aromatic rings. The fourth-order valence-corrected chi connectivity index (χ4v) is 3.69. The number of alkyl halides is 3. The average molecular weight is 333 g/mol. The number of carbonyl (C=O) groups excluding carboxylic acids is 1. The van der Waals surface area contributed by atoms with Crippen LogP contribution in [0.5, 0.6) is 0 Å².